The zero-order valence-electron chi connectivity index (χ0n) is 11.9. The monoisotopic (exact) mass is 310 g/mol. The first kappa shape index (κ1) is 15.1. The van der Waals surface area contributed by atoms with Crippen LogP contribution < -0.4 is 5.43 Å². The molecule has 3 rings (SSSR count). The van der Waals surface area contributed by atoms with E-state index in [1.165, 1.54) is 0 Å². The van der Waals surface area contributed by atoms with E-state index in [4.69, 9.17) is 0 Å². The Morgan fingerprint density at radius 2 is 1.95 bits per heavy atom. The average Bonchev–Trinajstić information content (AvgIpc) is 2.69. The number of halogens is 3. The van der Waals surface area contributed by atoms with E-state index in [1.54, 1.807) is 0 Å². The number of benzene rings is 1. The van der Waals surface area contributed by atoms with E-state index in [-0.39, 0.29) is 6.42 Å². The molecule has 1 aliphatic heterocycles. The predicted molar refractivity (Wildman–Crippen MR) is 78.0 cm³/mol. The maximum atomic E-state index is 13.2. The first-order chi connectivity index (χ1) is 10.4. The van der Waals surface area contributed by atoms with E-state index >= 15 is 0 Å². The average molecular weight is 310 g/mol. The van der Waals surface area contributed by atoms with Gasteiger partial charge in [0.05, 0.1) is 11.6 Å². The van der Waals surface area contributed by atoms with Crippen molar-refractivity contribution < 1.29 is 18.3 Å². The van der Waals surface area contributed by atoms with Crippen LogP contribution in [0.1, 0.15) is 31.2 Å². The Morgan fingerprint density at radius 1 is 1.23 bits per heavy atom. The quantitative estimate of drug-likeness (QED) is 0.834. The molecule has 0 radical (unpaired) electrons. The number of hydrogen-bond donors (Lipinski definition) is 2. The van der Waals surface area contributed by atoms with Gasteiger partial charge in [-0.1, -0.05) is 36.8 Å². The molecule has 22 heavy (non-hydrogen) atoms. The van der Waals surface area contributed by atoms with Gasteiger partial charge in [-0.25, -0.2) is 0 Å². The number of hydrazone groups is 1. The second kappa shape index (κ2) is 5.43. The zero-order chi connectivity index (χ0) is 15.8. The van der Waals surface area contributed by atoms with E-state index < -0.39 is 17.8 Å². The molecule has 1 heterocycles. The standard InChI is InChI=1S/C16H17F3N2O/c17-16(18,19)15(22)13-9-5-4-8-12(14(13)20-21-15)10-11-6-2-1-3-7-11/h1-3,6-7,10,13,21-22H,4-5,8-9H2/b12-10+/t13-,15+/m0/s1. The lowest BCUT2D eigenvalue weighted by Gasteiger charge is -2.31. The first-order valence-corrected chi connectivity index (χ1v) is 7.31. The third-order valence-electron chi connectivity index (χ3n) is 4.27. The van der Waals surface area contributed by atoms with Crippen molar-refractivity contribution in [2.75, 3.05) is 0 Å². The van der Waals surface area contributed by atoms with Crippen LogP contribution in [0.5, 0.6) is 0 Å². The number of nitrogens with one attached hydrogen (secondary N) is 1. The number of allylic oxidation sites excluding steroid dienone is 1. The van der Waals surface area contributed by atoms with Crippen LogP contribution in [0.15, 0.2) is 41.0 Å². The lowest BCUT2D eigenvalue weighted by molar-refractivity contribution is -0.281. The van der Waals surface area contributed by atoms with Gasteiger partial charge in [-0.3, -0.25) is 5.43 Å². The fourth-order valence-corrected chi connectivity index (χ4v) is 3.09. The number of fused-ring (bicyclic) bond motifs is 1. The molecule has 1 aromatic carbocycles. The van der Waals surface area contributed by atoms with Crippen molar-refractivity contribution >= 4 is 11.8 Å². The molecule has 0 bridgehead atoms. The summed E-state index contributed by atoms with van der Waals surface area (Å²) in [4.78, 5) is 0. The molecule has 1 aliphatic carbocycles. The van der Waals surface area contributed by atoms with Crippen LogP contribution in [-0.4, -0.2) is 22.7 Å². The molecular formula is C16H17F3N2O. The number of hydrogen-bond acceptors (Lipinski definition) is 3. The number of nitrogens with zero attached hydrogens (tertiary/aromatic N) is 1. The highest BCUT2D eigenvalue weighted by Crippen LogP contribution is 2.43. The van der Waals surface area contributed by atoms with Crippen LogP contribution in [-0.2, 0) is 0 Å². The molecule has 0 unspecified atom stereocenters. The van der Waals surface area contributed by atoms with Crippen LogP contribution >= 0.6 is 0 Å². The highest BCUT2D eigenvalue weighted by molar-refractivity contribution is 6.06. The summed E-state index contributed by atoms with van der Waals surface area (Å²) in [5.74, 6) is -1.05. The van der Waals surface area contributed by atoms with Crippen LogP contribution in [0.3, 0.4) is 0 Å². The van der Waals surface area contributed by atoms with Crippen LogP contribution in [0, 0.1) is 5.92 Å². The molecule has 0 aromatic heterocycles. The summed E-state index contributed by atoms with van der Waals surface area (Å²) in [7, 11) is 0. The van der Waals surface area contributed by atoms with Gasteiger partial charge in [-0.2, -0.15) is 18.3 Å². The van der Waals surface area contributed by atoms with Gasteiger partial charge in [0.25, 0.3) is 5.72 Å². The molecule has 1 saturated carbocycles. The Balaban J connectivity index is 1.97. The highest BCUT2D eigenvalue weighted by Gasteiger charge is 2.63. The normalized spacial score (nSPS) is 30.5. The lowest BCUT2D eigenvalue weighted by Crippen LogP contribution is -2.58. The maximum absolute atomic E-state index is 13.2. The number of aliphatic hydroxyl groups is 1. The summed E-state index contributed by atoms with van der Waals surface area (Å²) >= 11 is 0. The lowest BCUT2D eigenvalue weighted by atomic mass is 9.86. The molecule has 1 aromatic rings. The summed E-state index contributed by atoms with van der Waals surface area (Å²) in [6.45, 7) is 0. The molecule has 118 valence electrons. The Kier molecular flexibility index (Phi) is 3.72. The van der Waals surface area contributed by atoms with Gasteiger partial charge in [-0.05, 0) is 36.5 Å². The van der Waals surface area contributed by atoms with Crippen LogP contribution in [0.4, 0.5) is 13.2 Å². The summed E-state index contributed by atoms with van der Waals surface area (Å²) in [6.07, 6.45) is -0.530. The van der Waals surface area contributed by atoms with Crippen molar-refractivity contribution in [2.24, 2.45) is 11.0 Å². The Hall–Kier alpha value is -1.82. The SMILES string of the molecule is O[C@]1(C(F)(F)F)NN=C2/C(=C/c3ccccc3)CCCC[C@@H]21. The minimum atomic E-state index is -4.76. The van der Waals surface area contributed by atoms with Crippen molar-refractivity contribution in [3.8, 4) is 0 Å². The molecular weight excluding hydrogens is 293 g/mol. The van der Waals surface area contributed by atoms with Gasteiger partial charge >= 0.3 is 6.18 Å². The second-order valence-corrected chi connectivity index (χ2v) is 5.75. The van der Waals surface area contributed by atoms with Crippen molar-refractivity contribution in [2.45, 2.75) is 37.6 Å². The summed E-state index contributed by atoms with van der Waals surface area (Å²) in [6, 6.07) is 9.43. The van der Waals surface area contributed by atoms with E-state index in [2.05, 4.69) is 5.10 Å². The highest BCUT2D eigenvalue weighted by atomic mass is 19.4. The first-order valence-electron chi connectivity index (χ1n) is 7.31. The van der Waals surface area contributed by atoms with E-state index in [0.717, 1.165) is 17.6 Å². The van der Waals surface area contributed by atoms with Gasteiger partial charge in [0, 0.05) is 0 Å². The number of rotatable bonds is 1. The summed E-state index contributed by atoms with van der Waals surface area (Å²) in [5.41, 5.74) is 1.000. The van der Waals surface area contributed by atoms with Crippen LogP contribution in [0.2, 0.25) is 0 Å². The largest absolute Gasteiger partial charge is 0.438 e. The van der Waals surface area contributed by atoms with Crippen molar-refractivity contribution in [1.82, 2.24) is 5.43 Å². The molecule has 2 N–H and O–H groups in total. The van der Waals surface area contributed by atoms with E-state index in [1.807, 2.05) is 41.8 Å². The predicted octanol–water partition coefficient (Wildman–Crippen LogP) is 3.47. The minimum Gasteiger partial charge on any atom is -0.362 e. The van der Waals surface area contributed by atoms with Crippen molar-refractivity contribution in [3.63, 3.8) is 0 Å². The topological polar surface area (TPSA) is 44.6 Å². The van der Waals surface area contributed by atoms with Gasteiger partial charge in [-0.15, -0.1) is 0 Å². The molecule has 0 saturated heterocycles. The Bertz CT molecular complexity index is 610. The van der Waals surface area contributed by atoms with Crippen molar-refractivity contribution in [1.29, 1.82) is 0 Å². The second-order valence-electron chi connectivity index (χ2n) is 5.75. The smallest absolute Gasteiger partial charge is 0.362 e. The zero-order valence-corrected chi connectivity index (χ0v) is 11.9. The molecule has 6 heteroatoms. The third kappa shape index (κ3) is 2.52. The van der Waals surface area contributed by atoms with Gasteiger partial charge < -0.3 is 5.11 Å². The molecule has 0 spiro atoms. The van der Waals surface area contributed by atoms with Crippen molar-refractivity contribution in [3.05, 3.63) is 41.5 Å². The van der Waals surface area contributed by atoms with Gasteiger partial charge in [0.2, 0.25) is 0 Å². The minimum absolute atomic E-state index is 0.272. The fourth-order valence-electron chi connectivity index (χ4n) is 3.09. The molecule has 0 amide bonds. The van der Waals surface area contributed by atoms with Gasteiger partial charge in [0.15, 0.2) is 0 Å². The summed E-state index contributed by atoms with van der Waals surface area (Å²) in [5, 5.41) is 13.9. The third-order valence-corrected chi connectivity index (χ3v) is 4.27. The summed E-state index contributed by atoms with van der Waals surface area (Å²) < 4.78 is 39.6. The Morgan fingerprint density at radius 3 is 2.64 bits per heavy atom. The molecule has 1 fully saturated rings. The number of alkyl halides is 3. The molecule has 2 aliphatic rings. The van der Waals surface area contributed by atoms with E-state index in [9.17, 15) is 18.3 Å². The maximum Gasteiger partial charge on any atom is 0.438 e. The Labute approximate surface area is 126 Å². The molecule has 2 atom stereocenters. The van der Waals surface area contributed by atoms with E-state index in [0.29, 0.717) is 18.6 Å². The molecule has 3 nitrogen and oxygen atoms in total. The fraction of sp³-hybridized carbons (Fsp3) is 0.438. The van der Waals surface area contributed by atoms with Gasteiger partial charge in [0.1, 0.15) is 0 Å². The van der Waals surface area contributed by atoms with Crippen LogP contribution in [0.25, 0.3) is 6.08 Å².